The van der Waals surface area contributed by atoms with Crippen LogP contribution in [0.25, 0.3) is 0 Å². The SMILES string of the molecule is Cl.N#C[C@@H]1CCCN1C(=O)CNC12CC3CC(CC1C3)C2. The molecule has 4 nitrogen and oxygen atoms in total. The van der Waals surface area contributed by atoms with Crippen LogP contribution in [0.2, 0.25) is 0 Å². The quantitative estimate of drug-likeness (QED) is 0.868. The van der Waals surface area contributed by atoms with Crippen molar-refractivity contribution in [2.24, 2.45) is 17.8 Å². The molecule has 116 valence electrons. The predicted molar refractivity (Wildman–Crippen MR) is 81.9 cm³/mol. The summed E-state index contributed by atoms with van der Waals surface area (Å²) in [7, 11) is 0. The van der Waals surface area contributed by atoms with Crippen molar-refractivity contribution in [3.8, 4) is 6.07 Å². The highest BCUT2D eigenvalue weighted by Gasteiger charge is 2.57. The van der Waals surface area contributed by atoms with Crippen molar-refractivity contribution >= 4 is 18.3 Å². The minimum Gasteiger partial charge on any atom is -0.326 e. The zero-order chi connectivity index (χ0) is 13.7. The van der Waals surface area contributed by atoms with Gasteiger partial charge in [0, 0.05) is 12.1 Å². The van der Waals surface area contributed by atoms with Gasteiger partial charge in [0.25, 0.3) is 0 Å². The summed E-state index contributed by atoms with van der Waals surface area (Å²) < 4.78 is 0. The maximum atomic E-state index is 12.4. The summed E-state index contributed by atoms with van der Waals surface area (Å²) in [5.41, 5.74) is 0.269. The molecule has 5 fully saturated rings. The number of likely N-dealkylation sites (tertiary alicyclic amines) is 1. The molecule has 3 atom stereocenters. The third kappa shape index (κ3) is 2.35. The lowest BCUT2D eigenvalue weighted by atomic mass is 9.80. The summed E-state index contributed by atoms with van der Waals surface area (Å²) >= 11 is 0. The molecule has 1 saturated heterocycles. The van der Waals surface area contributed by atoms with Crippen molar-refractivity contribution in [3.05, 3.63) is 0 Å². The van der Waals surface area contributed by atoms with E-state index in [0.29, 0.717) is 6.54 Å². The molecule has 2 unspecified atom stereocenters. The molecule has 1 amide bonds. The second-order valence-corrected chi connectivity index (χ2v) is 7.43. The molecule has 0 aromatic carbocycles. The molecule has 0 spiro atoms. The minimum atomic E-state index is -0.182. The Bertz CT molecular complexity index is 461. The molecule has 5 aliphatic rings. The fourth-order valence-corrected chi connectivity index (χ4v) is 5.64. The molecule has 1 aliphatic heterocycles. The molecule has 21 heavy (non-hydrogen) atoms. The van der Waals surface area contributed by atoms with E-state index in [-0.39, 0.29) is 29.9 Å². The van der Waals surface area contributed by atoms with Crippen LogP contribution in [0.1, 0.15) is 44.9 Å². The van der Waals surface area contributed by atoms with Crippen molar-refractivity contribution in [2.45, 2.75) is 56.5 Å². The van der Waals surface area contributed by atoms with E-state index in [1.807, 2.05) is 0 Å². The molecule has 0 radical (unpaired) electrons. The van der Waals surface area contributed by atoms with Crippen molar-refractivity contribution in [2.75, 3.05) is 13.1 Å². The lowest BCUT2D eigenvalue weighted by molar-refractivity contribution is -0.130. The highest BCUT2D eigenvalue weighted by Crippen LogP contribution is 2.60. The van der Waals surface area contributed by atoms with Crippen LogP contribution in [0, 0.1) is 29.1 Å². The average Bonchev–Trinajstić information content (AvgIpc) is 3.06. The third-order valence-electron chi connectivity index (χ3n) is 6.30. The van der Waals surface area contributed by atoms with Gasteiger partial charge in [-0.3, -0.25) is 4.79 Å². The number of amides is 1. The lowest BCUT2D eigenvalue weighted by Gasteiger charge is -2.34. The van der Waals surface area contributed by atoms with E-state index in [1.54, 1.807) is 4.90 Å². The second kappa shape index (κ2) is 5.44. The minimum absolute atomic E-state index is 0. The van der Waals surface area contributed by atoms with Gasteiger partial charge in [-0.05, 0) is 62.7 Å². The smallest absolute Gasteiger partial charge is 0.237 e. The first kappa shape index (κ1) is 15.1. The first-order valence-corrected chi connectivity index (χ1v) is 8.14. The zero-order valence-corrected chi connectivity index (χ0v) is 13.2. The molecule has 5 heteroatoms. The highest BCUT2D eigenvalue weighted by atomic mass is 35.5. The Balaban J connectivity index is 0.00000132. The van der Waals surface area contributed by atoms with E-state index < -0.39 is 0 Å². The number of carbonyl (C=O) groups excluding carboxylic acids is 1. The van der Waals surface area contributed by atoms with Gasteiger partial charge < -0.3 is 10.2 Å². The summed E-state index contributed by atoms with van der Waals surface area (Å²) in [6.07, 6.45) is 8.56. The molecule has 4 aliphatic carbocycles. The maximum Gasteiger partial charge on any atom is 0.237 e. The summed E-state index contributed by atoms with van der Waals surface area (Å²) in [5, 5.41) is 12.7. The van der Waals surface area contributed by atoms with Crippen molar-refractivity contribution in [1.29, 1.82) is 5.26 Å². The number of hydrogen-bond donors (Lipinski definition) is 1. The molecule has 1 heterocycles. The Morgan fingerprint density at radius 2 is 2.00 bits per heavy atom. The number of hydrogen-bond acceptors (Lipinski definition) is 3. The highest BCUT2D eigenvalue weighted by molar-refractivity contribution is 5.85. The zero-order valence-electron chi connectivity index (χ0n) is 12.4. The molecule has 5 rings (SSSR count). The Morgan fingerprint density at radius 3 is 2.67 bits per heavy atom. The Morgan fingerprint density at radius 1 is 1.29 bits per heavy atom. The maximum absolute atomic E-state index is 12.4. The van der Waals surface area contributed by atoms with E-state index in [2.05, 4.69) is 11.4 Å². The summed E-state index contributed by atoms with van der Waals surface area (Å²) in [6.45, 7) is 1.20. The van der Waals surface area contributed by atoms with Crippen LogP contribution in [-0.4, -0.2) is 35.5 Å². The van der Waals surface area contributed by atoms with Gasteiger partial charge in [0.15, 0.2) is 0 Å². The van der Waals surface area contributed by atoms with Crippen LogP contribution in [0.5, 0.6) is 0 Å². The van der Waals surface area contributed by atoms with Crippen LogP contribution in [0.4, 0.5) is 0 Å². The number of carbonyl (C=O) groups is 1. The summed E-state index contributed by atoms with van der Waals surface area (Å²) in [6, 6.07) is 2.08. The molecule has 4 bridgehead atoms. The van der Waals surface area contributed by atoms with Crippen LogP contribution in [0.15, 0.2) is 0 Å². The Kier molecular flexibility index (Phi) is 3.92. The van der Waals surface area contributed by atoms with Crippen molar-refractivity contribution < 1.29 is 4.79 Å². The van der Waals surface area contributed by atoms with Crippen molar-refractivity contribution in [3.63, 3.8) is 0 Å². The van der Waals surface area contributed by atoms with Gasteiger partial charge in [-0.25, -0.2) is 0 Å². The molecular weight excluding hydrogens is 286 g/mol. The molecule has 1 N–H and O–H groups in total. The largest absolute Gasteiger partial charge is 0.326 e. The molecule has 0 aromatic heterocycles. The summed E-state index contributed by atoms with van der Waals surface area (Å²) in [4.78, 5) is 14.1. The number of rotatable bonds is 3. The van der Waals surface area contributed by atoms with Crippen LogP contribution in [-0.2, 0) is 4.79 Å². The number of halogens is 1. The Hall–Kier alpha value is -0.790. The van der Waals surface area contributed by atoms with E-state index in [0.717, 1.165) is 37.1 Å². The van der Waals surface area contributed by atoms with Crippen molar-refractivity contribution in [1.82, 2.24) is 10.2 Å². The Labute approximate surface area is 132 Å². The topological polar surface area (TPSA) is 56.1 Å². The van der Waals surface area contributed by atoms with E-state index in [4.69, 9.17) is 5.26 Å². The normalized spacial score (nSPS) is 42.9. The van der Waals surface area contributed by atoms with Crippen LogP contribution < -0.4 is 5.32 Å². The van der Waals surface area contributed by atoms with Gasteiger partial charge in [-0.2, -0.15) is 5.26 Å². The van der Waals surface area contributed by atoms with E-state index in [9.17, 15) is 4.79 Å². The van der Waals surface area contributed by atoms with E-state index in [1.165, 1.54) is 32.1 Å². The molecular formula is C16H24ClN3O. The van der Waals surface area contributed by atoms with Gasteiger partial charge >= 0.3 is 0 Å². The lowest BCUT2D eigenvalue weighted by Crippen LogP contribution is -2.51. The number of nitrogens with one attached hydrogen (secondary N) is 1. The van der Waals surface area contributed by atoms with Gasteiger partial charge in [0.05, 0.1) is 12.6 Å². The molecule has 4 saturated carbocycles. The van der Waals surface area contributed by atoms with Gasteiger partial charge in [-0.15, -0.1) is 12.4 Å². The third-order valence-corrected chi connectivity index (χ3v) is 6.30. The average molecular weight is 310 g/mol. The monoisotopic (exact) mass is 309 g/mol. The first-order valence-electron chi connectivity index (χ1n) is 8.14. The fourth-order valence-electron chi connectivity index (χ4n) is 5.64. The van der Waals surface area contributed by atoms with Gasteiger partial charge in [0.2, 0.25) is 5.91 Å². The van der Waals surface area contributed by atoms with E-state index >= 15 is 0 Å². The number of nitriles is 1. The van der Waals surface area contributed by atoms with Crippen LogP contribution in [0.3, 0.4) is 0 Å². The predicted octanol–water partition coefficient (Wildman–Crippen LogP) is 2.09. The second-order valence-electron chi connectivity index (χ2n) is 7.43. The summed E-state index contributed by atoms with van der Waals surface area (Å²) in [5.74, 6) is 2.77. The van der Waals surface area contributed by atoms with Gasteiger partial charge in [-0.1, -0.05) is 0 Å². The molecule has 0 aromatic rings. The first-order chi connectivity index (χ1) is 9.70. The fraction of sp³-hybridized carbons (Fsp3) is 0.875. The standard InChI is InChI=1S/C16H23N3O.ClH/c17-9-14-2-1-3-19(14)15(20)10-18-16-7-11-4-12(8-16)6-13(16)5-11;/h11-14,18H,1-8,10H2;1H/t11?,12?,13?,14-,16?;/m0./s1. The number of nitrogens with zero attached hydrogens (tertiary/aromatic N) is 2. The van der Waals surface area contributed by atoms with Gasteiger partial charge in [0.1, 0.15) is 6.04 Å². The van der Waals surface area contributed by atoms with Crippen LogP contribution >= 0.6 is 12.4 Å².